The van der Waals surface area contributed by atoms with Gasteiger partial charge in [0.1, 0.15) is 19.0 Å². The van der Waals surface area contributed by atoms with Crippen LogP contribution in [0.15, 0.2) is 21.1 Å². The smallest absolute Gasteiger partial charge is 0.147 e. The molecule has 5 heteroatoms. The normalized spacial score (nSPS) is 10.9. The number of halogens is 3. The molecule has 0 aliphatic rings. The van der Waals surface area contributed by atoms with Crippen molar-refractivity contribution < 1.29 is 9.13 Å². The molecule has 0 fully saturated rings. The number of rotatable bonds is 6. The Bertz CT molecular complexity index is 349. The Morgan fingerprint density at radius 3 is 2.35 bits per heavy atom. The number of nitrogens with one attached hydrogen (secondary N) is 1. The van der Waals surface area contributed by atoms with Gasteiger partial charge in [0, 0.05) is 12.6 Å². The van der Waals surface area contributed by atoms with Crippen molar-refractivity contribution in [2.24, 2.45) is 0 Å². The lowest BCUT2D eigenvalue weighted by Gasteiger charge is -2.13. The van der Waals surface area contributed by atoms with E-state index in [2.05, 4.69) is 51.0 Å². The number of hydrogen-bond acceptors (Lipinski definition) is 2. The standard InChI is InChI=1S/C12H16Br2FNO/c1-8(2)16-7-9-5-10(13)12(11(14)6-9)17-4-3-15/h5-6,8,16H,3-4,7H2,1-2H3. The molecule has 1 aromatic carbocycles. The Morgan fingerprint density at radius 1 is 1.29 bits per heavy atom. The van der Waals surface area contributed by atoms with Gasteiger partial charge in [-0.15, -0.1) is 0 Å². The Kier molecular flexibility index (Phi) is 6.44. The molecule has 0 saturated heterocycles. The molecule has 0 bridgehead atoms. The lowest BCUT2D eigenvalue weighted by molar-refractivity contribution is 0.270. The van der Waals surface area contributed by atoms with Crippen molar-refractivity contribution in [1.82, 2.24) is 5.32 Å². The zero-order valence-corrected chi connectivity index (χ0v) is 13.1. The number of benzene rings is 1. The van der Waals surface area contributed by atoms with Gasteiger partial charge in [0.2, 0.25) is 0 Å². The van der Waals surface area contributed by atoms with Crippen molar-refractivity contribution in [3.8, 4) is 5.75 Å². The molecule has 96 valence electrons. The van der Waals surface area contributed by atoms with Gasteiger partial charge < -0.3 is 10.1 Å². The number of hydrogen-bond donors (Lipinski definition) is 1. The summed E-state index contributed by atoms with van der Waals surface area (Å²) < 4.78 is 19.0. The minimum absolute atomic E-state index is 0.0702. The van der Waals surface area contributed by atoms with Crippen LogP contribution >= 0.6 is 31.9 Å². The molecule has 0 aliphatic carbocycles. The van der Waals surface area contributed by atoms with Gasteiger partial charge in [-0.1, -0.05) is 13.8 Å². The van der Waals surface area contributed by atoms with E-state index in [-0.39, 0.29) is 6.61 Å². The molecule has 0 aromatic heterocycles. The van der Waals surface area contributed by atoms with Gasteiger partial charge in [0.25, 0.3) is 0 Å². The predicted molar refractivity (Wildman–Crippen MR) is 75.3 cm³/mol. The van der Waals surface area contributed by atoms with Crippen molar-refractivity contribution in [2.45, 2.75) is 26.4 Å². The Labute approximate surface area is 118 Å². The molecule has 2 nitrogen and oxygen atoms in total. The summed E-state index contributed by atoms with van der Waals surface area (Å²) in [6, 6.07) is 4.40. The van der Waals surface area contributed by atoms with E-state index in [0.717, 1.165) is 21.1 Å². The average Bonchev–Trinajstić information content (AvgIpc) is 2.25. The molecular weight excluding hydrogens is 353 g/mol. The maximum absolute atomic E-state index is 12.1. The van der Waals surface area contributed by atoms with Crippen LogP contribution in [0.2, 0.25) is 0 Å². The second-order valence-electron chi connectivity index (χ2n) is 3.96. The molecule has 0 unspecified atom stereocenters. The summed E-state index contributed by atoms with van der Waals surface area (Å²) in [5.74, 6) is 0.649. The van der Waals surface area contributed by atoms with Crippen LogP contribution in [0.5, 0.6) is 5.75 Å². The highest BCUT2D eigenvalue weighted by molar-refractivity contribution is 9.11. The molecule has 1 N–H and O–H groups in total. The maximum atomic E-state index is 12.1. The summed E-state index contributed by atoms with van der Waals surface area (Å²) in [5.41, 5.74) is 1.14. The average molecular weight is 369 g/mol. The summed E-state index contributed by atoms with van der Waals surface area (Å²) in [4.78, 5) is 0. The van der Waals surface area contributed by atoms with E-state index in [0.29, 0.717) is 11.8 Å². The fourth-order valence-electron chi connectivity index (χ4n) is 1.31. The number of alkyl halides is 1. The van der Waals surface area contributed by atoms with Crippen molar-refractivity contribution in [2.75, 3.05) is 13.3 Å². The molecular formula is C12H16Br2FNO. The molecule has 0 aliphatic heterocycles. The van der Waals surface area contributed by atoms with Gasteiger partial charge in [0.05, 0.1) is 8.95 Å². The minimum atomic E-state index is -0.491. The van der Waals surface area contributed by atoms with Gasteiger partial charge in [-0.3, -0.25) is 0 Å². The highest BCUT2D eigenvalue weighted by atomic mass is 79.9. The minimum Gasteiger partial charge on any atom is -0.488 e. The van der Waals surface area contributed by atoms with Gasteiger partial charge in [-0.25, -0.2) is 4.39 Å². The van der Waals surface area contributed by atoms with E-state index in [9.17, 15) is 4.39 Å². The van der Waals surface area contributed by atoms with Crippen LogP contribution in [0.25, 0.3) is 0 Å². The number of ether oxygens (including phenoxy) is 1. The van der Waals surface area contributed by atoms with Crippen LogP contribution in [0.3, 0.4) is 0 Å². The van der Waals surface area contributed by atoms with Gasteiger partial charge >= 0.3 is 0 Å². The molecule has 0 radical (unpaired) electrons. The SMILES string of the molecule is CC(C)NCc1cc(Br)c(OCCF)c(Br)c1. The predicted octanol–water partition coefficient (Wildman–Crippen LogP) is 4.06. The largest absolute Gasteiger partial charge is 0.488 e. The molecule has 1 aromatic rings. The summed E-state index contributed by atoms with van der Waals surface area (Å²) >= 11 is 6.86. The molecule has 17 heavy (non-hydrogen) atoms. The van der Waals surface area contributed by atoms with Gasteiger partial charge in [-0.05, 0) is 49.6 Å². The van der Waals surface area contributed by atoms with Gasteiger partial charge in [0.15, 0.2) is 0 Å². The van der Waals surface area contributed by atoms with Crippen LogP contribution < -0.4 is 10.1 Å². The van der Waals surface area contributed by atoms with Crippen LogP contribution in [0.1, 0.15) is 19.4 Å². The third kappa shape index (κ3) is 4.94. The first-order chi connectivity index (χ1) is 8.04. The summed E-state index contributed by atoms with van der Waals surface area (Å²) in [7, 11) is 0. The lowest BCUT2D eigenvalue weighted by atomic mass is 10.2. The molecule has 0 atom stereocenters. The maximum Gasteiger partial charge on any atom is 0.147 e. The van der Waals surface area contributed by atoms with E-state index in [4.69, 9.17) is 4.74 Å². The first-order valence-corrected chi connectivity index (χ1v) is 7.03. The summed E-state index contributed by atoms with van der Waals surface area (Å²) in [6.07, 6.45) is 0. The summed E-state index contributed by atoms with van der Waals surface area (Å²) in [6.45, 7) is 4.57. The zero-order chi connectivity index (χ0) is 12.8. The van der Waals surface area contributed by atoms with E-state index in [1.807, 2.05) is 12.1 Å². The van der Waals surface area contributed by atoms with Crippen molar-refractivity contribution >= 4 is 31.9 Å². The zero-order valence-electron chi connectivity index (χ0n) is 9.90. The van der Waals surface area contributed by atoms with E-state index in [1.54, 1.807) is 0 Å². The fraction of sp³-hybridized carbons (Fsp3) is 0.500. The Morgan fingerprint density at radius 2 is 1.88 bits per heavy atom. The first-order valence-electron chi connectivity index (χ1n) is 5.44. The third-order valence-electron chi connectivity index (χ3n) is 2.10. The van der Waals surface area contributed by atoms with E-state index in [1.165, 1.54) is 0 Å². The van der Waals surface area contributed by atoms with Crippen LogP contribution in [-0.2, 0) is 6.54 Å². The van der Waals surface area contributed by atoms with Crippen LogP contribution in [-0.4, -0.2) is 19.3 Å². The van der Waals surface area contributed by atoms with Crippen molar-refractivity contribution in [3.05, 3.63) is 26.6 Å². The van der Waals surface area contributed by atoms with Crippen LogP contribution in [0.4, 0.5) is 4.39 Å². The Balaban J connectivity index is 2.78. The second kappa shape index (κ2) is 7.34. The monoisotopic (exact) mass is 367 g/mol. The molecule has 0 saturated carbocycles. The molecule has 1 rings (SSSR count). The summed E-state index contributed by atoms with van der Waals surface area (Å²) in [5, 5.41) is 3.34. The highest BCUT2D eigenvalue weighted by Gasteiger charge is 2.09. The van der Waals surface area contributed by atoms with Crippen LogP contribution in [0, 0.1) is 0 Å². The fourth-order valence-corrected chi connectivity index (χ4v) is 2.83. The molecule has 0 spiro atoms. The topological polar surface area (TPSA) is 21.3 Å². The lowest BCUT2D eigenvalue weighted by Crippen LogP contribution is -2.21. The quantitative estimate of drug-likeness (QED) is 0.817. The van der Waals surface area contributed by atoms with E-state index < -0.39 is 6.67 Å². The second-order valence-corrected chi connectivity index (χ2v) is 5.67. The Hall–Kier alpha value is -0.130. The highest BCUT2D eigenvalue weighted by Crippen LogP contribution is 2.34. The van der Waals surface area contributed by atoms with Crippen molar-refractivity contribution in [1.29, 1.82) is 0 Å². The molecule has 0 heterocycles. The van der Waals surface area contributed by atoms with Gasteiger partial charge in [-0.2, -0.15) is 0 Å². The van der Waals surface area contributed by atoms with Crippen molar-refractivity contribution in [3.63, 3.8) is 0 Å². The third-order valence-corrected chi connectivity index (χ3v) is 3.27. The molecule has 0 amide bonds. The first kappa shape index (κ1) is 14.9. The van der Waals surface area contributed by atoms with E-state index >= 15 is 0 Å².